The molecule has 3 rings (SSSR count). The van der Waals surface area contributed by atoms with E-state index < -0.39 is 17.6 Å². The molecule has 4 nitrogen and oxygen atoms in total. The normalized spacial score (nSPS) is 14.8. The number of aliphatic carboxylic acids is 1. The third-order valence-electron chi connectivity index (χ3n) is 5.56. The number of aryl methyl sites for hydroxylation is 1. The molecule has 0 atom stereocenters. The maximum Gasteiger partial charge on any atom is 0.304 e. The van der Waals surface area contributed by atoms with Crippen LogP contribution in [0.25, 0.3) is 0 Å². The van der Waals surface area contributed by atoms with Crippen LogP contribution in [0.3, 0.4) is 0 Å². The van der Waals surface area contributed by atoms with E-state index in [2.05, 4.69) is 0 Å². The first-order valence-electron chi connectivity index (χ1n) is 10.6. The van der Waals surface area contributed by atoms with Crippen molar-refractivity contribution in [2.75, 3.05) is 6.54 Å². The number of carboxylic acid groups (broad SMARTS) is 1. The highest BCUT2D eigenvalue weighted by Crippen LogP contribution is 2.25. The average Bonchev–Trinajstić information content (AvgIpc) is 2.73. The van der Waals surface area contributed by atoms with E-state index in [0.717, 1.165) is 24.2 Å². The van der Waals surface area contributed by atoms with E-state index in [1.807, 2.05) is 24.3 Å². The van der Waals surface area contributed by atoms with Gasteiger partial charge in [-0.3, -0.25) is 9.69 Å². The van der Waals surface area contributed by atoms with Gasteiger partial charge in [0.2, 0.25) is 0 Å². The van der Waals surface area contributed by atoms with Crippen molar-refractivity contribution in [3.63, 3.8) is 0 Å². The zero-order valence-corrected chi connectivity index (χ0v) is 17.4. The van der Waals surface area contributed by atoms with Crippen molar-refractivity contribution in [1.29, 1.82) is 0 Å². The summed E-state index contributed by atoms with van der Waals surface area (Å²) < 4.78 is 34.8. The summed E-state index contributed by atoms with van der Waals surface area (Å²) in [5, 5.41) is 9.08. The van der Waals surface area contributed by atoms with Crippen LogP contribution < -0.4 is 4.74 Å². The first-order chi connectivity index (χ1) is 14.4. The van der Waals surface area contributed by atoms with Gasteiger partial charge in [0.1, 0.15) is 17.4 Å². The van der Waals surface area contributed by atoms with Gasteiger partial charge in [0.15, 0.2) is 0 Å². The highest BCUT2D eigenvalue weighted by Gasteiger charge is 2.18. The maximum atomic E-state index is 14.5. The van der Waals surface area contributed by atoms with Crippen molar-refractivity contribution in [1.82, 2.24) is 4.90 Å². The SMILES string of the molecule is Cc1ccc(F)c(CN(CCC(=O)O)Cc2cccc(OC3CCCCC3)c2)c1F. The number of nitrogens with zero attached hydrogens (tertiary/aromatic N) is 1. The number of halogens is 2. The van der Waals surface area contributed by atoms with E-state index >= 15 is 0 Å². The van der Waals surface area contributed by atoms with Gasteiger partial charge in [-0.25, -0.2) is 8.78 Å². The van der Waals surface area contributed by atoms with E-state index in [1.165, 1.54) is 31.4 Å². The Morgan fingerprint density at radius 3 is 2.63 bits per heavy atom. The van der Waals surface area contributed by atoms with Crippen molar-refractivity contribution in [3.8, 4) is 5.75 Å². The second kappa shape index (κ2) is 10.5. The molecule has 0 aliphatic heterocycles. The Labute approximate surface area is 176 Å². The molecule has 0 bridgehead atoms. The predicted octanol–water partition coefficient (Wildman–Crippen LogP) is 5.46. The molecule has 6 heteroatoms. The summed E-state index contributed by atoms with van der Waals surface area (Å²) in [4.78, 5) is 12.8. The van der Waals surface area contributed by atoms with Crippen LogP contribution in [0.4, 0.5) is 8.78 Å². The summed E-state index contributed by atoms with van der Waals surface area (Å²) in [6.07, 6.45) is 5.86. The fourth-order valence-electron chi connectivity index (χ4n) is 3.90. The molecule has 1 N–H and O–H groups in total. The topological polar surface area (TPSA) is 49.8 Å². The number of carboxylic acids is 1. The summed E-state index contributed by atoms with van der Waals surface area (Å²) in [5.74, 6) is -1.36. The van der Waals surface area contributed by atoms with E-state index in [1.54, 1.807) is 11.8 Å². The number of ether oxygens (including phenoxy) is 1. The Kier molecular flexibility index (Phi) is 7.80. The number of hydrogen-bond acceptors (Lipinski definition) is 3. The molecule has 1 saturated carbocycles. The van der Waals surface area contributed by atoms with Crippen molar-refractivity contribution in [2.45, 2.75) is 64.6 Å². The minimum absolute atomic E-state index is 0.000334. The molecule has 0 amide bonds. The van der Waals surface area contributed by atoms with E-state index in [4.69, 9.17) is 9.84 Å². The molecule has 0 heterocycles. The van der Waals surface area contributed by atoms with Gasteiger partial charge in [0.25, 0.3) is 0 Å². The van der Waals surface area contributed by atoms with Gasteiger partial charge in [-0.1, -0.05) is 24.6 Å². The molecule has 0 unspecified atom stereocenters. The lowest BCUT2D eigenvalue weighted by Crippen LogP contribution is -2.27. The average molecular weight is 417 g/mol. The molecule has 1 aliphatic rings. The van der Waals surface area contributed by atoms with Crippen LogP contribution in [0.2, 0.25) is 0 Å². The van der Waals surface area contributed by atoms with Crippen LogP contribution in [0.1, 0.15) is 55.2 Å². The summed E-state index contributed by atoms with van der Waals surface area (Å²) in [6.45, 7) is 2.16. The lowest BCUT2D eigenvalue weighted by Gasteiger charge is -2.25. The number of benzene rings is 2. The third kappa shape index (κ3) is 6.26. The largest absolute Gasteiger partial charge is 0.490 e. The molecule has 0 spiro atoms. The first-order valence-corrected chi connectivity index (χ1v) is 10.6. The smallest absolute Gasteiger partial charge is 0.304 e. The van der Waals surface area contributed by atoms with Crippen LogP contribution >= 0.6 is 0 Å². The van der Waals surface area contributed by atoms with Gasteiger partial charge in [-0.05, 0) is 61.9 Å². The molecular formula is C24H29F2NO3. The number of rotatable bonds is 9. The molecular weight excluding hydrogens is 388 g/mol. The van der Waals surface area contributed by atoms with Crippen molar-refractivity contribution < 1.29 is 23.4 Å². The van der Waals surface area contributed by atoms with Gasteiger partial charge in [0, 0.05) is 25.2 Å². The molecule has 1 aliphatic carbocycles. The van der Waals surface area contributed by atoms with Crippen LogP contribution in [-0.2, 0) is 17.9 Å². The van der Waals surface area contributed by atoms with Gasteiger partial charge < -0.3 is 9.84 Å². The van der Waals surface area contributed by atoms with E-state index in [0.29, 0.717) is 12.1 Å². The van der Waals surface area contributed by atoms with Crippen LogP contribution in [0, 0.1) is 18.6 Å². The second-order valence-corrected chi connectivity index (χ2v) is 8.04. The molecule has 1 fully saturated rings. The summed E-state index contributed by atoms with van der Waals surface area (Å²) in [5.41, 5.74) is 1.25. The van der Waals surface area contributed by atoms with Crippen LogP contribution in [0.5, 0.6) is 5.75 Å². The molecule has 0 aromatic heterocycles. The zero-order valence-electron chi connectivity index (χ0n) is 17.4. The molecule has 162 valence electrons. The first kappa shape index (κ1) is 22.2. The van der Waals surface area contributed by atoms with Gasteiger partial charge >= 0.3 is 5.97 Å². The second-order valence-electron chi connectivity index (χ2n) is 8.04. The van der Waals surface area contributed by atoms with Gasteiger partial charge in [-0.2, -0.15) is 0 Å². The van der Waals surface area contributed by atoms with Crippen molar-refractivity contribution in [2.24, 2.45) is 0 Å². The van der Waals surface area contributed by atoms with E-state index in [-0.39, 0.29) is 31.2 Å². The maximum absolute atomic E-state index is 14.5. The fourth-order valence-corrected chi connectivity index (χ4v) is 3.90. The molecule has 30 heavy (non-hydrogen) atoms. The molecule has 0 radical (unpaired) electrons. The lowest BCUT2D eigenvalue weighted by atomic mass is 9.98. The zero-order chi connectivity index (χ0) is 21.5. The Bertz CT molecular complexity index is 866. The van der Waals surface area contributed by atoms with Gasteiger partial charge in [-0.15, -0.1) is 0 Å². The van der Waals surface area contributed by atoms with Gasteiger partial charge in [0.05, 0.1) is 12.5 Å². The monoisotopic (exact) mass is 417 g/mol. The Balaban J connectivity index is 1.74. The molecule has 0 saturated heterocycles. The van der Waals surface area contributed by atoms with Crippen molar-refractivity contribution in [3.05, 3.63) is 64.7 Å². The minimum atomic E-state index is -0.945. The standard InChI is InChI=1S/C24H29F2NO3/c1-17-10-11-22(25)21(24(17)26)16-27(13-12-23(28)29)15-18-6-5-9-20(14-18)30-19-7-3-2-4-8-19/h5-6,9-11,14,19H,2-4,7-8,12-13,15-16H2,1H3,(H,28,29). The lowest BCUT2D eigenvalue weighted by molar-refractivity contribution is -0.137. The van der Waals surface area contributed by atoms with Crippen LogP contribution in [-0.4, -0.2) is 28.6 Å². The summed E-state index contributed by atoms with van der Waals surface area (Å²) >= 11 is 0. The summed E-state index contributed by atoms with van der Waals surface area (Å²) in [6, 6.07) is 10.3. The van der Waals surface area contributed by atoms with Crippen molar-refractivity contribution >= 4 is 5.97 Å². The molecule has 2 aromatic carbocycles. The van der Waals surface area contributed by atoms with E-state index in [9.17, 15) is 13.6 Å². The number of carbonyl (C=O) groups is 1. The third-order valence-corrected chi connectivity index (χ3v) is 5.56. The fraction of sp³-hybridized carbons (Fsp3) is 0.458. The highest BCUT2D eigenvalue weighted by molar-refractivity contribution is 5.66. The Hall–Kier alpha value is -2.47. The summed E-state index contributed by atoms with van der Waals surface area (Å²) in [7, 11) is 0. The number of hydrogen-bond donors (Lipinski definition) is 1. The Morgan fingerprint density at radius 2 is 1.90 bits per heavy atom. The quantitative estimate of drug-likeness (QED) is 0.588. The Morgan fingerprint density at radius 1 is 1.13 bits per heavy atom. The highest BCUT2D eigenvalue weighted by atomic mass is 19.1. The predicted molar refractivity (Wildman–Crippen MR) is 111 cm³/mol. The minimum Gasteiger partial charge on any atom is -0.490 e. The molecule has 2 aromatic rings. The van der Waals surface area contributed by atoms with Crippen LogP contribution in [0.15, 0.2) is 36.4 Å².